The molecule has 0 radical (unpaired) electrons. The van der Waals surface area contributed by atoms with Crippen LogP contribution in [0.2, 0.25) is 0 Å². The average molecular weight is 332 g/mol. The van der Waals surface area contributed by atoms with Crippen LogP contribution in [0.1, 0.15) is 36.2 Å². The molecule has 0 N–H and O–H groups in total. The van der Waals surface area contributed by atoms with E-state index in [9.17, 15) is 9.59 Å². The van der Waals surface area contributed by atoms with Gasteiger partial charge in [0.05, 0.1) is 18.2 Å². The Morgan fingerprint density at radius 1 is 1.25 bits per heavy atom. The summed E-state index contributed by atoms with van der Waals surface area (Å²) in [4.78, 5) is 37.2. The fraction of sp³-hybridized carbons (Fsp3) is 0.647. The van der Waals surface area contributed by atoms with Crippen LogP contribution < -0.4 is 0 Å². The normalized spacial score (nSPS) is 24.5. The van der Waals surface area contributed by atoms with Gasteiger partial charge in [0.15, 0.2) is 0 Å². The van der Waals surface area contributed by atoms with Crippen molar-refractivity contribution in [3.63, 3.8) is 0 Å². The van der Waals surface area contributed by atoms with E-state index >= 15 is 0 Å². The predicted octanol–water partition coefficient (Wildman–Crippen LogP) is 0.968. The van der Waals surface area contributed by atoms with Gasteiger partial charge in [-0.1, -0.05) is 0 Å². The number of rotatable bonds is 4. The molecular formula is C17H24N4O3. The highest BCUT2D eigenvalue weighted by molar-refractivity contribution is 5.92. The summed E-state index contributed by atoms with van der Waals surface area (Å²) in [7, 11) is 1.65. The second-order valence-electron chi connectivity index (χ2n) is 6.55. The molecule has 2 amide bonds. The Kier molecular flexibility index (Phi) is 5.08. The van der Waals surface area contributed by atoms with Crippen molar-refractivity contribution in [1.82, 2.24) is 19.8 Å². The maximum absolute atomic E-state index is 12.8. The predicted molar refractivity (Wildman–Crippen MR) is 87.3 cm³/mol. The van der Waals surface area contributed by atoms with Gasteiger partial charge in [-0.05, 0) is 25.7 Å². The van der Waals surface area contributed by atoms with Crippen LogP contribution in [0.15, 0.2) is 18.6 Å². The number of likely N-dealkylation sites (tertiary alicyclic amines) is 2. The fourth-order valence-corrected chi connectivity index (χ4v) is 3.74. The molecule has 0 bridgehead atoms. The Labute approximate surface area is 142 Å². The van der Waals surface area contributed by atoms with Gasteiger partial charge >= 0.3 is 0 Å². The van der Waals surface area contributed by atoms with E-state index in [4.69, 9.17) is 4.74 Å². The maximum Gasteiger partial charge on any atom is 0.274 e. The highest BCUT2D eigenvalue weighted by atomic mass is 16.5. The van der Waals surface area contributed by atoms with Crippen LogP contribution in [-0.2, 0) is 9.53 Å². The second kappa shape index (κ2) is 7.25. The minimum absolute atomic E-state index is 0.0955. The third kappa shape index (κ3) is 3.26. The van der Waals surface area contributed by atoms with E-state index in [1.165, 1.54) is 12.4 Å². The summed E-state index contributed by atoms with van der Waals surface area (Å²) < 4.78 is 5.09. The molecule has 3 rings (SSSR count). The highest BCUT2D eigenvalue weighted by Gasteiger charge is 2.47. The third-order valence-electron chi connectivity index (χ3n) is 5.18. The molecule has 7 nitrogen and oxygen atoms in total. The van der Waals surface area contributed by atoms with Gasteiger partial charge in [0, 0.05) is 45.7 Å². The second-order valence-corrected chi connectivity index (χ2v) is 6.55. The van der Waals surface area contributed by atoms with Gasteiger partial charge in [0.1, 0.15) is 5.69 Å². The molecule has 0 aliphatic carbocycles. The molecule has 0 aromatic carbocycles. The summed E-state index contributed by atoms with van der Waals surface area (Å²) in [5.74, 6) is 0.134. The molecule has 3 heterocycles. The van der Waals surface area contributed by atoms with E-state index in [1.807, 2.05) is 9.80 Å². The molecule has 2 fully saturated rings. The molecule has 7 heteroatoms. The molecule has 1 atom stereocenters. The lowest BCUT2D eigenvalue weighted by Crippen LogP contribution is -2.38. The number of carbonyl (C=O) groups is 2. The SMILES string of the molecule is COCCN1CC[C@@]2(CCCN(C(=O)c3cnccn3)CC2)C1=O. The zero-order valence-corrected chi connectivity index (χ0v) is 14.1. The monoisotopic (exact) mass is 332 g/mol. The molecule has 2 saturated heterocycles. The number of nitrogens with zero attached hydrogens (tertiary/aromatic N) is 4. The van der Waals surface area contributed by atoms with E-state index in [1.54, 1.807) is 13.3 Å². The van der Waals surface area contributed by atoms with Crippen LogP contribution in [0, 0.1) is 5.41 Å². The van der Waals surface area contributed by atoms with Gasteiger partial charge in [-0.25, -0.2) is 4.98 Å². The number of amides is 2. The number of ether oxygens (including phenoxy) is 1. The zero-order chi connectivity index (χ0) is 17.0. The Hall–Kier alpha value is -2.02. The molecular weight excluding hydrogens is 308 g/mol. The molecule has 1 aromatic rings. The summed E-state index contributed by atoms with van der Waals surface area (Å²) in [6.07, 6.45) is 7.87. The van der Waals surface area contributed by atoms with E-state index in [2.05, 4.69) is 9.97 Å². The van der Waals surface area contributed by atoms with E-state index in [-0.39, 0.29) is 17.2 Å². The molecule has 24 heavy (non-hydrogen) atoms. The van der Waals surface area contributed by atoms with Gasteiger partial charge in [0.2, 0.25) is 5.91 Å². The molecule has 0 saturated carbocycles. The van der Waals surface area contributed by atoms with E-state index < -0.39 is 0 Å². The topological polar surface area (TPSA) is 75.6 Å². The average Bonchev–Trinajstić information content (AvgIpc) is 2.79. The molecule has 130 valence electrons. The van der Waals surface area contributed by atoms with Gasteiger partial charge in [-0.2, -0.15) is 0 Å². The van der Waals surface area contributed by atoms with E-state index in [0.717, 1.165) is 32.2 Å². The minimum atomic E-state index is -0.300. The van der Waals surface area contributed by atoms with Gasteiger partial charge < -0.3 is 14.5 Å². The number of carbonyl (C=O) groups excluding carboxylic acids is 2. The van der Waals surface area contributed by atoms with Gasteiger partial charge in [-0.15, -0.1) is 0 Å². The van der Waals surface area contributed by atoms with Crippen molar-refractivity contribution >= 4 is 11.8 Å². The molecule has 2 aliphatic rings. The van der Waals surface area contributed by atoms with Crippen LogP contribution in [-0.4, -0.2) is 71.5 Å². The number of aromatic nitrogens is 2. The molecule has 1 aromatic heterocycles. The summed E-state index contributed by atoms with van der Waals surface area (Å²) in [5, 5.41) is 0. The van der Waals surface area contributed by atoms with Crippen molar-refractivity contribution in [1.29, 1.82) is 0 Å². The highest BCUT2D eigenvalue weighted by Crippen LogP contribution is 2.41. The smallest absolute Gasteiger partial charge is 0.274 e. The van der Waals surface area contributed by atoms with Crippen molar-refractivity contribution < 1.29 is 14.3 Å². The van der Waals surface area contributed by atoms with Crippen LogP contribution in [0.5, 0.6) is 0 Å². The Morgan fingerprint density at radius 2 is 2.08 bits per heavy atom. The van der Waals surface area contributed by atoms with Crippen LogP contribution in [0.3, 0.4) is 0 Å². The first-order valence-electron chi connectivity index (χ1n) is 8.50. The lowest BCUT2D eigenvalue weighted by atomic mass is 9.79. The van der Waals surface area contributed by atoms with Gasteiger partial charge in [0.25, 0.3) is 5.91 Å². The van der Waals surface area contributed by atoms with Crippen molar-refractivity contribution in [2.24, 2.45) is 5.41 Å². The lowest BCUT2D eigenvalue weighted by molar-refractivity contribution is -0.137. The van der Waals surface area contributed by atoms with Crippen molar-refractivity contribution in [3.8, 4) is 0 Å². The quantitative estimate of drug-likeness (QED) is 0.821. The summed E-state index contributed by atoms with van der Waals surface area (Å²) in [6, 6.07) is 0. The van der Waals surface area contributed by atoms with Crippen LogP contribution in [0.4, 0.5) is 0 Å². The largest absolute Gasteiger partial charge is 0.383 e. The van der Waals surface area contributed by atoms with Crippen molar-refractivity contribution in [2.45, 2.75) is 25.7 Å². The lowest BCUT2D eigenvalue weighted by Gasteiger charge is -2.26. The Morgan fingerprint density at radius 3 is 2.83 bits per heavy atom. The first kappa shape index (κ1) is 16.8. The Bertz CT molecular complexity index is 595. The van der Waals surface area contributed by atoms with Crippen molar-refractivity contribution in [2.75, 3.05) is 39.9 Å². The first-order valence-corrected chi connectivity index (χ1v) is 8.50. The van der Waals surface area contributed by atoms with Gasteiger partial charge in [-0.3, -0.25) is 14.6 Å². The van der Waals surface area contributed by atoms with E-state index in [0.29, 0.717) is 31.9 Å². The summed E-state index contributed by atoms with van der Waals surface area (Å²) in [5.41, 5.74) is 0.0680. The number of hydrogen-bond donors (Lipinski definition) is 0. The van der Waals surface area contributed by atoms with Crippen molar-refractivity contribution in [3.05, 3.63) is 24.3 Å². The molecule has 1 spiro atoms. The zero-order valence-electron chi connectivity index (χ0n) is 14.1. The Balaban J connectivity index is 1.65. The molecule has 2 aliphatic heterocycles. The van der Waals surface area contributed by atoms with Crippen LogP contribution in [0.25, 0.3) is 0 Å². The number of methoxy groups -OCH3 is 1. The summed E-state index contributed by atoms with van der Waals surface area (Å²) >= 11 is 0. The van der Waals surface area contributed by atoms with Crippen LogP contribution >= 0.6 is 0 Å². The standard InChI is InChI=1S/C17H24N4O3/c1-24-12-11-21-10-5-17(16(21)23)3-2-8-20(9-4-17)15(22)14-13-18-6-7-19-14/h6-7,13H,2-5,8-12H2,1H3/t17-/m0/s1. The number of hydrogen-bond acceptors (Lipinski definition) is 5. The molecule has 0 unspecified atom stereocenters. The first-order chi connectivity index (χ1) is 11.7. The summed E-state index contributed by atoms with van der Waals surface area (Å²) in [6.45, 7) is 3.28. The minimum Gasteiger partial charge on any atom is -0.383 e. The third-order valence-corrected chi connectivity index (χ3v) is 5.18. The maximum atomic E-state index is 12.8. The fourth-order valence-electron chi connectivity index (χ4n) is 3.74.